The van der Waals surface area contributed by atoms with Crippen molar-refractivity contribution in [2.75, 3.05) is 56.6 Å². The van der Waals surface area contributed by atoms with Crippen molar-refractivity contribution in [3.05, 3.63) is 65.9 Å². The van der Waals surface area contributed by atoms with E-state index in [1.807, 2.05) is 56.3 Å². The summed E-state index contributed by atoms with van der Waals surface area (Å²) in [4.78, 5) is 32.6. The second-order valence-corrected chi connectivity index (χ2v) is 9.11. The standard InChI is InChI=1S/C27H34N4O3/c1-20(2)34-19-7-14-31-26(32)24(21-8-5-4-6-9-21)25(27(31)33)28-22-10-12-23(13-11-22)30-17-15-29(3)16-18-30/h4-6,8-13,20,28H,7,14-19H2,1-3H3. The lowest BCUT2D eigenvalue weighted by Crippen LogP contribution is -2.44. The van der Waals surface area contributed by atoms with Gasteiger partial charge >= 0.3 is 0 Å². The minimum atomic E-state index is -0.295. The van der Waals surface area contributed by atoms with Gasteiger partial charge in [0.2, 0.25) is 0 Å². The largest absolute Gasteiger partial charge is 0.379 e. The fourth-order valence-electron chi connectivity index (χ4n) is 4.27. The maximum Gasteiger partial charge on any atom is 0.278 e. The summed E-state index contributed by atoms with van der Waals surface area (Å²) in [5.41, 5.74) is 3.43. The molecule has 4 rings (SSSR count). The molecule has 34 heavy (non-hydrogen) atoms. The number of imide groups is 1. The molecule has 0 radical (unpaired) electrons. The van der Waals surface area contributed by atoms with Crippen molar-refractivity contribution in [1.29, 1.82) is 0 Å². The first-order valence-corrected chi connectivity index (χ1v) is 12.0. The zero-order valence-corrected chi connectivity index (χ0v) is 20.3. The van der Waals surface area contributed by atoms with Gasteiger partial charge in [0, 0.05) is 50.7 Å². The van der Waals surface area contributed by atoms with Crippen LogP contribution in [-0.4, -0.2) is 74.1 Å². The van der Waals surface area contributed by atoms with Gasteiger partial charge in [0.1, 0.15) is 5.70 Å². The summed E-state index contributed by atoms with van der Waals surface area (Å²) in [6.45, 7) is 8.85. The predicted molar refractivity (Wildman–Crippen MR) is 136 cm³/mol. The van der Waals surface area contributed by atoms with E-state index in [9.17, 15) is 9.59 Å². The predicted octanol–water partition coefficient (Wildman–Crippen LogP) is 3.45. The molecule has 1 N–H and O–H groups in total. The lowest BCUT2D eigenvalue weighted by molar-refractivity contribution is -0.137. The summed E-state index contributed by atoms with van der Waals surface area (Å²) in [7, 11) is 2.14. The summed E-state index contributed by atoms with van der Waals surface area (Å²) < 4.78 is 5.59. The van der Waals surface area contributed by atoms with E-state index in [2.05, 4.69) is 34.3 Å². The van der Waals surface area contributed by atoms with E-state index in [1.165, 1.54) is 4.90 Å². The molecular weight excluding hydrogens is 428 g/mol. The van der Waals surface area contributed by atoms with Crippen molar-refractivity contribution in [3.8, 4) is 0 Å². The first-order chi connectivity index (χ1) is 16.4. The summed E-state index contributed by atoms with van der Waals surface area (Å²) in [5.74, 6) is -0.561. The highest BCUT2D eigenvalue weighted by Crippen LogP contribution is 2.31. The molecule has 0 aromatic heterocycles. The van der Waals surface area contributed by atoms with Crippen LogP contribution in [-0.2, 0) is 14.3 Å². The fraction of sp³-hybridized carbons (Fsp3) is 0.407. The van der Waals surface area contributed by atoms with Crippen molar-refractivity contribution in [2.45, 2.75) is 26.4 Å². The number of amides is 2. The van der Waals surface area contributed by atoms with Gasteiger partial charge in [-0.3, -0.25) is 14.5 Å². The smallest absolute Gasteiger partial charge is 0.278 e. The molecule has 2 aliphatic rings. The van der Waals surface area contributed by atoms with E-state index in [0.717, 1.165) is 43.1 Å². The molecule has 7 nitrogen and oxygen atoms in total. The van der Waals surface area contributed by atoms with Gasteiger partial charge in [0.15, 0.2) is 0 Å². The highest BCUT2D eigenvalue weighted by Gasteiger charge is 2.38. The average molecular weight is 463 g/mol. The van der Waals surface area contributed by atoms with E-state index >= 15 is 0 Å². The van der Waals surface area contributed by atoms with E-state index in [4.69, 9.17) is 4.74 Å². The third kappa shape index (κ3) is 5.48. The van der Waals surface area contributed by atoms with E-state index in [-0.39, 0.29) is 17.9 Å². The molecule has 0 bridgehead atoms. The van der Waals surface area contributed by atoms with Gasteiger partial charge in [0.05, 0.1) is 11.7 Å². The number of ether oxygens (including phenoxy) is 1. The molecule has 2 aromatic rings. The monoisotopic (exact) mass is 462 g/mol. The van der Waals surface area contributed by atoms with Crippen molar-refractivity contribution in [3.63, 3.8) is 0 Å². The van der Waals surface area contributed by atoms with Gasteiger partial charge in [0.25, 0.3) is 11.8 Å². The van der Waals surface area contributed by atoms with Crippen molar-refractivity contribution >= 4 is 28.8 Å². The van der Waals surface area contributed by atoms with Crippen LogP contribution in [0, 0.1) is 0 Å². The third-order valence-electron chi connectivity index (χ3n) is 6.21. The molecule has 2 aromatic carbocycles. The summed E-state index contributed by atoms with van der Waals surface area (Å²) in [6, 6.07) is 17.5. The molecule has 0 aliphatic carbocycles. The Kier molecular flexibility index (Phi) is 7.65. The number of anilines is 2. The highest BCUT2D eigenvalue weighted by molar-refractivity contribution is 6.36. The van der Waals surface area contributed by atoms with Crippen LogP contribution in [0.4, 0.5) is 11.4 Å². The van der Waals surface area contributed by atoms with Crippen LogP contribution in [0.3, 0.4) is 0 Å². The fourth-order valence-corrected chi connectivity index (χ4v) is 4.27. The number of hydrogen-bond donors (Lipinski definition) is 1. The Morgan fingerprint density at radius 2 is 1.59 bits per heavy atom. The molecule has 0 atom stereocenters. The Morgan fingerprint density at radius 1 is 0.912 bits per heavy atom. The Hall–Kier alpha value is -3.16. The Bertz CT molecular complexity index is 1030. The molecular formula is C27H34N4O3. The molecule has 1 saturated heterocycles. The minimum Gasteiger partial charge on any atom is -0.379 e. The molecule has 2 aliphatic heterocycles. The molecule has 2 heterocycles. The first kappa shape index (κ1) is 24.0. The molecule has 2 amide bonds. The number of rotatable bonds is 9. The zero-order valence-electron chi connectivity index (χ0n) is 20.3. The van der Waals surface area contributed by atoms with Gasteiger partial charge in [-0.2, -0.15) is 0 Å². The molecule has 7 heteroatoms. The number of nitrogens with one attached hydrogen (secondary N) is 1. The summed E-state index contributed by atoms with van der Waals surface area (Å²) >= 11 is 0. The SMILES string of the molecule is CC(C)OCCCN1C(=O)C(Nc2ccc(N3CCN(C)CC3)cc2)=C(c2ccccc2)C1=O. The molecule has 0 saturated carbocycles. The van der Waals surface area contributed by atoms with Crippen LogP contribution < -0.4 is 10.2 Å². The van der Waals surface area contributed by atoms with Crippen LogP contribution in [0.2, 0.25) is 0 Å². The van der Waals surface area contributed by atoms with Gasteiger partial charge in [-0.25, -0.2) is 0 Å². The van der Waals surface area contributed by atoms with Crippen LogP contribution in [0.5, 0.6) is 0 Å². The van der Waals surface area contributed by atoms with Crippen LogP contribution in [0.15, 0.2) is 60.3 Å². The van der Waals surface area contributed by atoms with Gasteiger partial charge < -0.3 is 19.9 Å². The van der Waals surface area contributed by atoms with Crippen LogP contribution in [0.1, 0.15) is 25.8 Å². The number of benzene rings is 2. The lowest BCUT2D eigenvalue weighted by atomic mass is 10.0. The van der Waals surface area contributed by atoms with Crippen molar-refractivity contribution in [2.24, 2.45) is 0 Å². The summed E-state index contributed by atoms with van der Waals surface area (Å²) in [6.07, 6.45) is 0.721. The first-order valence-electron chi connectivity index (χ1n) is 12.0. The quantitative estimate of drug-likeness (QED) is 0.455. The van der Waals surface area contributed by atoms with E-state index < -0.39 is 0 Å². The van der Waals surface area contributed by atoms with Gasteiger partial charge in [-0.1, -0.05) is 30.3 Å². The number of piperazine rings is 1. The highest BCUT2D eigenvalue weighted by atomic mass is 16.5. The number of nitrogens with zero attached hydrogens (tertiary/aromatic N) is 3. The third-order valence-corrected chi connectivity index (χ3v) is 6.21. The summed E-state index contributed by atoms with van der Waals surface area (Å²) in [5, 5.41) is 3.26. The maximum absolute atomic E-state index is 13.3. The second-order valence-electron chi connectivity index (χ2n) is 9.11. The number of hydrogen-bond acceptors (Lipinski definition) is 6. The Balaban J connectivity index is 1.52. The molecule has 180 valence electrons. The van der Waals surface area contributed by atoms with E-state index in [1.54, 1.807) is 0 Å². The Morgan fingerprint density at radius 3 is 2.24 bits per heavy atom. The normalized spacial score (nSPS) is 17.3. The number of carbonyl (C=O) groups is 2. The average Bonchev–Trinajstić information content (AvgIpc) is 3.07. The maximum atomic E-state index is 13.3. The second kappa shape index (κ2) is 10.8. The zero-order chi connectivity index (χ0) is 24.1. The topological polar surface area (TPSA) is 65.1 Å². The minimum absolute atomic E-state index is 0.119. The Labute approximate surface area is 202 Å². The molecule has 0 unspecified atom stereocenters. The number of carbonyl (C=O) groups excluding carboxylic acids is 2. The molecule has 0 spiro atoms. The van der Waals surface area contributed by atoms with Crippen LogP contribution in [0.25, 0.3) is 5.57 Å². The lowest BCUT2D eigenvalue weighted by Gasteiger charge is -2.34. The van der Waals surface area contributed by atoms with Crippen molar-refractivity contribution < 1.29 is 14.3 Å². The van der Waals surface area contributed by atoms with Gasteiger partial charge in [-0.05, 0) is 57.1 Å². The molecule has 1 fully saturated rings. The van der Waals surface area contributed by atoms with Crippen molar-refractivity contribution in [1.82, 2.24) is 9.80 Å². The number of likely N-dealkylation sites (N-methyl/N-ethyl adjacent to an activating group) is 1. The van der Waals surface area contributed by atoms with Gasteiger partial charge in [-0.15, -0.1) is 0 Å². The van der Waals surface area contributed by atoms with Crippen LogP contribution >= 0.6 is 0 Å². The van der Waals surface area contributed by atoms with E-state index in [0.29, 0.717) is 30.8 Å².